The van der Waals surface area contributed by atoms with Gasteiger partial charge in [-0.15, -0.1) is 0 Å². The molecule has 0 aliphatic heterocycles. The quantitative estimate of drug-likeness (QED) is 0.849. The molecule has 0 aromatic carbocycles. The van der Waals surface area contributed by atoms with Crippen molar-refractivity contribution < 1.29 is 14.4 Å². The number of rotatable bonds is 3. The van der Waals surface area contributed by atoms with Gasteiger partial charge in [0.1, 0.15) is 6.42 Å². The summed E-state index contributed by atoms with van der Waals surface area (Å²) in [6, 6.07) is 0. The molecular weight excluding hydrogens is 208 g/mol. The van der Waals surface area contributed by atoms with Crippen LogP contribution < -0.4 is 0 Å². The molecular formula is C11H16N2O3. The molecule has 1 fully saturated rings. The van der Waals surface area contributed by atoms with Crippen LogP contribution in [0.3, 0.4) is 0 Å². The number of carboxylic acids is 1. The predicted octanol–water partition coefficient (Wildman–Crippen LogP) is 1.99. The first-order chi connectivity index (χ1) is 7.65. The molecule has 0 amide bonds. The van der Waals surface area contributed by atoms with Crippen LogP contribution in [0.15, 0.2) is 4.52 Å². The van der Waals surface area contributed by atoms with Crippen molar-refractivity contribution in [1.82, 2.24) is 10.1 Å². The summed E-state index contributed by atoms with van der Waals surface area (Å²) < 4.78 is 4.91. The minimum atomic E-state index is -0.938. The fourth-order valence-corrected chi connectivity index (χ4v) is 2.15. The third kappa shape index (κ3) is 2.59. The second kappa shape index (κ2) is 4.63. The zero-order chi connectivity index (χ0) is 11.5. The van der Waals surface area contributed by atoms with Crippen molar-refractivity contribution in [2.75, 3.05) is 0 Å². The second-order valence-electron chi connectivity index (χ2n) is 4.57. The molecule has 0 bridgehead atoms. The lowest BCUT2D eigenvalue weighted by molar-refractivity contribution is -0.136. The third-order valence-electron chi connectivity index (χ3n) is 3.17. The number of carboxylic acid groups (broad SMARTS) is 1. The van der Waals surface area contributed by atoms with E-state index in [0.29, 0.717) is 11.7 Å². The molecule has 0 saturated heterocycles. The number of carbonyl (C=O) groups is 1. The van der Waals surface area contributed by atoms with E-state index >= 15 is 0 Å². The Morgan fingerprint density at radius 2 is 2.12 bits per heavy atom. The average Bonchev–Trinajstić information content (AvgIpc) is 2.66. The maximum Gasteiger partial charge on any atom is 0.312 e. The summed E-state index contributed by atoms with van der Waals surface area (Å²) in [5.74, 6) is 1.08. The lowest BCUT2D eigenvalue weighted by Gasteiger charge is -2.23. The van der Waals surface area contributed by atoms with E-state index in [1.807, 2.05) is 0 Å². The van der Waals surface area contributed by atoms with Crippen molar-refractivity contribution in [3.05, 3.63) is 11.7 Å². The first kappa shape index (κ1) is 11.1. The van der Waals surface area contributed by atoms with E-state index in [0.717, 1.165) is 18.8 Å². The summed E-state index contributed by atoms with van der Waals surface area (Å²) in [6.45, 7) is 2.25. The number of nitrogens with zero attached hydrogens (tertiary/aromatic N) is 2. The SMILES string of the molecule is CC1CCC(c2noc(CC(=O)O)n2)CC1. The van der Waals surface area contributed by atoms with Crippen LogP contribution in [0.5, 0.6) is 0 Å². The standard InChI is InChI=1S/C11H16N2O3/c1-7-2-4-8(5-3-7)11-12-9(16-13-11)6-10(14)15/h7-8H,2-6H2,1H3,(H,14,15). The highest BCUT2D eigenvalue weighted by Gasteiger charge is 2.24. The predicted molar refractivity (Wildman–Crippen MR) is 56.0 cm³/mol. The van der Waals surface area contributed by atoms with Crippen LogP contribution in [0.1, 0.15) is 50.2 Å². The molecule has 0 atom stereocenters. The Morgan fingerprint density at radius 1 is 1.44 bits per heavy atom. The lowest BCUT2D eigenvalue weighted by Crippen LogP contribution is -2.12. The molecule has 1 aromatic heterocycles. The summed E-state index contributed by atoms with van der Waals surface area (Å²) >= 11 is 0. The van der Waals surface area contributed by atoms with E-state index < -0.39 is 5.97 Å². The van der Waals surface area contributed by atoms with Crippen molar-refractivity contribution in [1.29, 1.82) is 0 Å². The molecule has 1 heterocycles. The molecule has 16 heavy (non-hydrogen) atoms. The molecule has 1 aliphatic rings. The Labute approximate surface area is 93.9 Å². The molecule has 5 heteroatoms. The average molecular weight is 224 g/mol. The van der Waals surface area contributed by atoms with Crippen LogP contribution in [-0.2, 0) is 11.2 Å². The summed E-state index contributed by atoms with van der Waals surface area (Å²) in [5, 5.41) is 12.5. The van der Waals surface area contributed by atoms with Gasteiger partial charge in [0.05, 0.1) is 0 Å². The molecule has 1 aliphatic carbocycles. The molecule has 0 radical (unpaired) electrons. The van der Waals surface area contributed by atoms with Crippen LogP contribution in [-0.4, -0.2) is 21.2 Å². The first-order valence-electron chi connectivity index (χ1n) is 5.69. The van der Waals surface area contributed by atoms with Gasteiger partial charge in [-0.25, -0.2) is 0 Å². The topological polar surface area (TPSA) is 76.2 Å². The van der Waals surface area contributed by atoms with Gasteiger partial charge >= 0.3 is 5.97 Å². The van der Waals surface area contributed by atoms with Crippen LogP contribution in [0, 0.1) is 5.92 Å². The van der Waals surface area contributed by atoms with Gasteiger partial charge in [0.15, 0.2) is 5.82 Å². The maximum atomic E-state index is 10.5. The van der Waals surface area contributed by atoms with Crippen LogP contribution >= 0.6 is 0 Å². The van der Waals surface area contributed by atoms with Crippen LogP contribution in [0.4, 0.5) is 0 Å². The van der Waals surface area contributed by atoms with E-state index in [4.69, 9.17) is 9.63 Å². The first-order valence-corrected chi connectivity index (χ1v) is 5.69. The van der Waals surface area contributed by atoms with Gasteiger partial charge in [0.25, 0.3) is 0 Å². The highest BCUT2D eigenvalue weighted by atomic mass is 16.5. The molecule has 1 saturated carbocycles. The zero-order valence-electron chi connectivity index (χ0n) is 9.35. The van der Waals surface area contributed by atoms with E-state index in [1.54, 1.807) is 0 Å². The molecule has 0 spiro atoms. The van der Waals surface area contributed by atoms with Gasteiger partial charge in [0.2, 0.25) is 5.89 Å². The molecule has 1 N–H and O–H groups in total. The smallest absolute Gasteiger partial charge is 0.312 e. The third-order valence-corrected chi connectivity index (χ3v) is 3.17. The van der Waals surface area contributed by atoms with E-state index in [-0.39, 0.29) is 12.3 Å². The van der Waals surface area contributed by atoms with Gasteiger partial charge < -0.3 is 9.63 Å². The van der Waals surface area contributed by atoms with Gasteiger partial charge in [-0.2, -0.15) is 4.98 Å². The number of aliphatic carboxylic acids is 1. The van der Waals surface area contributed by atoms with Gasteiger partial charge in [-0.3, -0.25) is 4.79 Å². The van der Waals surface area contributed by atoms with Gasteiger partial charge in [-0.1, -0.05) is 24.9 Å². The maximum absolute atomic E-state index is 10.5. The van der Waals surface area contributed by atoms with E-state index in [9.17, 15) is 4.79 Å². The minimum Gasteiger partial charge on any atom is -0.481 e. The second-order valence-corrected chi connectivity index (χ2v) is 4.57. The van der Waals surface area contributed by atoms with Crippen molar-refractivity contribution >= 4 is 5.97 Å². The molecule has 2 rings (SSSR count). The monoisotopic (exact) mass is 224 g/mol. The molecule has 88 valence electrons. The van der Waals surface area contributed by atoms with Crippen LogP contribution in [0.25, 0.3) is 0 Å². The fourth-order valence-electron chi connectivity index (χ4n) is 2.15. The Balaban J connectivity index is 1.99. The lowest BCUT2D eigenvalue weighted by atomic mass is 9.83. The highest BCUT2D eigenvalue weighted by Crippen LogP contribution is 2.33. The summed E-state index contributed by atoms with van der Waals surface area (Å²) in [6.07, 6.45) is 4.34. The number of hydrogen-bond acceptors (Lipinski definition) is 4. The van der Waals surface area contributed by atoms with Gasteiger partial charge in [-0.05, 0) is 18.8 Å². The Morgan fingerprint density at radius 3 is 2.75 bits per heavy atom. The zero-order valence-corrected chi connectivity index (χ0v) is 9.35. The fraction of sp³-hybridized carbons (Fsp3) is 0.727. The van der Waals surface area contributed by atoms with Crippen molar-refractivity contribution in [2.45, 2.75) is 44.9 Å². The highest BCUT2D eigenvalue weighted by molar-refractivity contribution is 5.68. The van der Waals surface area contributed by atoms with Crippen LogP contribution in [0.2, 0.25) is 0 Å². The minimum absolute atomic E-state index is 0.184. The summed E-state index contributed by atoms with van der Waals surface area (Å²) in [5.41, 5.74) is 0. The van der Waals surface area contributed by atoms with Crippen molar-refractivity contribution in [3.8, 4) is 0 Å². The van der Waals surface area contributed by atoms with Crippen molar-refractivity contribution in [2.24, 2.45) is 5.92 Å². The Bertz CT molecular complexity index is 367. The van der Waals surface area contributed by atoms with Gasteiger partial charge in [0, 0.05) is 5.92 Å². The Kier molecular flexibility index (Phi) is 3.22. The largest absolute Gasteiger partial charge is 0.481 e. The summed E-state index contributed by atoms with van der Waals surface area (Å²) in [4.78, 5) is 14.6. The molecule has 1 aromatic rings. The molecule has 5 nitrogen and oxygen atoms in total. The van der Waals surface area contributed by atoms with Crippen molar-refractivity contribution in [3.63, 3.8) is 0 Å². The number of aromatic nitrogens is 2. The normalized spacial score (nSPS) is 25.6. The Hall–Kier alpha value is -1.39. The summed E-state index contributed by atoms with van der Waals surface area (Å²) in [7, 11) is 0. The number of hydrogen-bond donors (Lipinski definition) is 1. The molecule has 0 unspecified atom stereocenters. The van der Waals surface area contributed by atoms with E-state index in [2.05, 4.69) is 17.1 Å². The van der Waals surface area contributed by atoms with E-state index in [1.165, 1.54) is 12.8 Å².